The number of hydrogen-bond acceptors (Lipinski definition) is 11. The lowest BCUT2D eigenvalue weighted by molar-refractivity contribution is -0.385. The summed E-state index contributed by atoms with van der Waals surface area (Å²) in [6.45, 7) is 3.51. The Morgan fingerprint density at radius 3 is 2.67 bits per heavy atom. The van der Waals surface area contributed by atoms with Gasteiger partial charge in [0, 0.05) is 22.1 Å². The quantitative estimate of drug-likeness (QED) is 0.0881. The summed E-state index contributed by atoms with van der Waals surface area (Å²) in [4.78, 5) is 50.9. The van der Waals surface area contributed by atoms with Crippen LogP contribution in [0.5, 0.6) is 5.75 Å². The summed E-state index contributed by atoms with van der Waals surface area (Å²) in [5.74, 6) is -0.483. The van der Waals surface area contributed by atoms with Gasteiger partial charge >= 0.3 is 5.97 Å². The van der Waals surface area contributed by atoms with Crippen LogP contribution in [0.4, 0.5) is 10.7 Å². The summed E-state index contributed by atoms with van der Waals surface area (Å²) < 4.78 is 12.5. The fraction of sp³-hybridized carbons (Fsp3) is 0.323. The Morgan fingerprint density at radius 2 is 1.91 bits per heavy atom. The minimum Gasteiger partial charge on any atom is -0.495 e. The van der Waals surface area contributed by atoms with E-state index in [0.717, 1.165) is 47.9 Å². The number of fused-ring (bicyclic) bond motifs is 1. The predicted molar refractivity (Wildman–Crippen MR) is 173 cm³/mol. The number of rotatable bonds is 12. The van der Waals surface area contributed by atoms with Gasteiger partial charge in [-0.05, 0) is 63.3 Å². The Bertz CT molecular complexity index is 1800. The molecule has 0 bridgehead atoms. The lowest BCUT2D eigenvalue weighted by Gasteiger charge is -2.14. The van der Waals surface area contributed by atoms with Crippen molar-refractivity contribution in [1.82, 2.24) is 20.1 Å². The van der Waals surface area contributed by atoms with Gasteiger partial charge in [-0.3, -0.25) is 24.3 Å². The Hall–Kier alpha value is -4.76. The number of carbonyl (C=O) groups is 3. The molecule has 2 aromatic heterocycles. The van der Waals surface area contributed by atoms with Gasteiger partial charge in [-0.1, -0.05) is 30.0 Å². The molecule has 13 nitrogen and oxygen atoms in total. The zero-order chi connectivity index (χ0) is 32.8. The average molecular weight is 665 g/mol. The van der Waals surface area contributed by atoms with E-state index in [1.807, 2.05) is 6.07 Å². The summed E-state index contributed by atoms with van der Waals surface area (Å²) in [6, 6.07) is 11.4. The van der Waals surface area contributed by atoms with Crippen LogP contribution in [0, 0.1) is 17.0 Å². The molecule has 0 saturated heterocycles. The predicted octanol–water partition coefficient (Wildman–Crippen LogP) is 5.27. The number of aromatic nitrogens is 3. The Balaban J connectivity index is 1.36. The van der Waals surface area contributed by atoms with E-state index < -0.39 is 16.8 Å². The van der Waals surface area contributed by atoms with Gasteiger partial charge in [-0.15, -0.1) is 21.5 Å². The molecule has 2 heterocycles. The third kappa shape index (κ3) is 7.05. The number of nitrogens with one attached hydrogen (secondary N) is 2. The summed E-state index contributed by atoms with van der Waals surface area (Å²) in [7, 11) is 1.52. The first-order valence-corrected chi connectivity index (χ1v) is 16.4. The first kappa shape index (κ1) is 32.6. The number of nitro benzene ring substituents is 1. The van der Waals surface area contributed by atoms with Crippen molar-refractivity contribution in [3.63, 3.8) is 0 Å². The fourth-order valence-corrected chi connectivity index (χ4v) is 7.20. The molecule has 0 radical (unpaired) electrons. The number of aryl methyl sites for hydroxylation is 2. The third-order valence-electron chi connectivity index (χ3n) is 7.34. The van der Waals surface area contributed by atoms with Crippen molar-refractivity contribution in [3.8, 4) is 11.4 Å². The summed E-state index contributed by atoms with van der Waals surface area (Å²) >= 11 is 2.55. The van der Waals surface area contributed by atoms with E-state index in [-0.39, 0.29) is 36.1 Å². The van der Waals surface area contributed by atoms with Crippen molar-refractivity contribution < 1.29 is 28.8 Å². The van der Waals surface area contributed by atoms with Crippen LogP contribution in [0.1, 0.15) is 62.3 Å². The fourth-order valence-electron chi connectivity index (χ4n) is 5.14. The number of hydrogen-bond donors (Lipinski definition) is 2. The first-order chi connectivity index (χ1) is 22.2. The molecule has 0 saturated carbocycles. The highest BCUT2D eigenvalue weighted by Crippen LogP contribution is 2.39. The lowest BCUT2D eigenvalue weighted by atomic mass is 9.95. The molecule has 0 spiro atoms. The molecule has 2 amide bonds. The van der Waals surface area contributed by atoms with Crippen molar-refractivity contribution in [3.05, 3.63) is 85.5 Å². The highest BCUT2D eigenvalue weighted by Gasteiger charge is 2.28. The zero-order valence-electron chi connectivity index (χ0n) is 25.5. The number of esters is 1. The molecule has 1 aliphatic carbocycles. The van der Waals surface area contributed by atoms with Gasteiger partial charge in [-0.25, -0.2) is 4.79 Å². The Kier molecular flexibility index (Phi) is 10.3. The number of benzene rings is 2. The molecule has 15 heteroatoms. The molecule has 240 valence electrons. The van der Waals surface area contributed by atoms with Crippen LogP contribution >= 0.6 is 23.1 Å². The maximum atomic E-state index is 13.2. The highest BCUT2D eigenvalue weighted by molar-refractivity contribution is 7.99. The molecule has 2 N–H and O–H groups in total. The van der Waals surface area contributed by atoms with Gasteiger partial charge in [0.2, 0.25) is 5.91 Å². The van der Waals surface area contributed by atoms with Crippen molar-refractivity contribution in [2.75, 3.05) is 24.8 Å². The van der Waals surface area contributed by atoms with Gasteiger partial charge in [0.05, 0.1) is 42.2 Å². The van der Waals surface area contributed by atoms with Crippen LogP contribution in [-0.4, -0.2) is 56.9 Å². The molecular weight excluding hydrogens is 633 g/mol. The number of amides is 2. The van der Waals surface area contributed by atoms with Crippen LogP contribution in [0.25, 0.3) is 5.69 Å². The summed E-state index contributed by atoms with van der Waals surface area (Å²) in [5.41, 5.74) is 2.40. The largest absolute Gasteiger partial charge is 0.495 e. The van der Waals surface area contributed by atoms with E-state index in [9.17, 15) is 24.5 Å². The van der Waals surface area contributed by atoms with E-state index in [2.05, 4.69) is 20.8 Å². The van der Waals surface area contributed by atoms with Crippen molar-refractivity contribution in [1.29, 1.82) is 0 Å². The van der Waals surface area contributed by atoms with Crippen LogP contribution < -0.4 is 15.4 Å². The number of nitrogens with zero attached hydrogens (tertiary/aromatic N) is 4. The van der Waals surface area contributed by atoms with Crippen LogP contribution in [-0.2, 0) is 28.9 Å². The Morgan fingerprint density at radius 1 is 1.13 bits per heavy atom. The number of anilines is 1. The Labute approximate surface area is 272 Å². The molecule has 0 unspecified atom stereocenters. The molecule has 4 aromatic rings. The standard InChI is InChI=1S/C31H32N6O7S2/c1-4-44-30(40)27-20-9-5-8-12-24(20)46-29(27)33-26(38)17-45-31-35-34-25(36(31)21-10-6-7-11-23(21)43-3)16-32-28(39)19-14-13-18(2)22(15-19)37(41)42/h6-7,10-11,13-15H,4-5,8-9,12,16-17H2,1-3H3,(H,32,39)(H,33,38). The van der Waals surface area contributed by atoms with Crippen LogP contribution in [0.2, 0.25) is 0 Å². The maximum Gasteiger partial charge on any atom is 0.341 e. The van der Waals surface area contributed by atoms with E-state index in [1.54, 1.807) is 36.6 Å². The second-order valence-corrected chi connectivity index (χ2v) is 12.4. The first-order valence-electron chi connectivity index (χ1n) is 14.6. The molecule has 46 heavy (non-hydrogen) atoms. The lowest BCUT2D eigenvalue weighted by Crippen LogP contribution is -2.25. The van der Waals surface area contributed by atoms with Crippen LogP contribution in [0.3, 0.4) is 0 Å². The number of thioether (sulfide) groups is 1. The number of methoxy groups -OCH3 is 1. The molecule has 0 atom stereocenters. The van der Waals surface area contributed by atoms with E-state index in [1.165, 1.54) is 36.6 Å². The number of thiophene rings is 1. The van der Waals surface area contributed by atoms with Gasteiger partial charge < -0.3 is 20.1 Å². The van der Waals surface area contributed by atoms with Gasteiger partial charge in [-0.2, -0.15) is 0 Å². The number of para-hydroxylation sites is 2. The molecule has 5 rings (SSSR count). The molecule has 0 aliphatic heterocycles. The molecule has 0 fully saturated rings. The van der Waals surface area contributed by atoms with Crippen molar-refractivity contribution in [2.45, 2.75) is 51.2 Å². The van der Waals surface area contributed by atoms with E-state index >= 15 is 0 Å². The summed E-state index contributed by atoms with van der Waals surface area (Å²) in [6.07, 6.45) is 3.64. The van der Waals surface area contributed by atoms with Crippen LogP contribution in [0.15, 0.2) is 47.6 Å². The number of carbonyl (C=O) groups excluding carboxylic acids is 3. The zero-order valence-corrected chi connectivity index (χ0v) is 27.1. The SMILES string of the molecule is CCOC(=O)c1c(NC(=O)CSc2nnc(CNC(=O)c3ccc(C)c([N+](=O)[O-])c3)n2-c2ccccc2OC)sc2c1CCCC2. The molecular formula is C31H32N6O7S2. The number of nitro groups is 1. The average Bonchev–Trinajstić information content (AvgIpc) is 3.63. The smallest absolute Gasteiger partial charge is 0.341 e. The van der Waals surface area contributed by atoms with Gasteiger partial charge in [0.1, 0.15) is 10.8 Å². The second-order valence-electron chi connectivity index (χ2n) is 10.3. The third-order valence-corrected chi connectivity index (χ3v) is 9.47. The topological polar surface area (TPSA) is 168 Å². The minimum atomic E-state index is -0.533. The normalized spacial score (nSPS) is 12.2. The molecule has 1 aliphatic rings. The van der Waals surface area contributed by atoms with E-state index in [4.69, 9.17) is 9.47 Å². The van der Waals surface area contributed by atoms with E-state index in [0.29, 0.717) is 38.5 Å². The minimum absolute atomic E-state index is 0.0441. The summed E-state index contributed by atoms with van der Waals surface area (Å²) in [5, 5.41) is 26.5. The maximum absolute atomic E-state index is 13.2. The highest BCUT2D eigenvalue weighted by atomic mass is 32.2. The molecule has 2 aromatic carbocycles. The monoisotopic (exact) mass is 664 g/mol. The number of ether oxygens (including phenoxy) is 2. The van der Waals surface area contributed by atoms with Crippen molar-refractivity contribution in [2.24, 2.45) is 0 Å². The second kappa shape index (κ2) is 14.6. The van der Waals surface area contributed by atoms with Gasteiger partial charge in [0.25, 0.3) is 11.6 Å². The van der Waals surface area contributed by atoms with Gasteiger partial charge in [0.15, 0.2) is 11.0 Å². The van der Waals surface area contributed by atoms with Crippen molar-refractivity contribution >= 4 is 51.6 Å².